The molecule has 66 heavy (non-hydrogen) atoms. The predicted octanol–water partition coefficient (Wildman–Crippen LogP) is 17.5. The van der Waals surface area contributed by atoms with Gasteiger partial charge in [0.25, 0.3) is 0 Å². The maximum atomic E-state index is 2.50. The van der Waals surface area contributed by atoms with Gasteiger partial charge in [-0.3, -0.25) is 0 Å². The molecule has 1 aliphatic rings. The van der Waals surface area contributed by atoms with Crippen molar-refractivity contribution in [3.05, 3.63) is 283 Å². The fraction of sp³-hybridized carbons (Fsp3) is 0.0154. The van der Waals surface area contributed by atoms with E-state index in [9.17, 15) is 0 Å². The highest BCUT2D eigenvalue weighted by Gasteiger charge is 2.47. The second-order valence-corrected chi connectivity index (χ2v) is 17.5. The topological polar surface area (TPSA) is 3.24 Å². The highest BCUT2D eigenvalue weighted by molar-refractivity contribution is 6.24. The van der Waals surface area contributed by atoms with Gasteiger partial charge in [-0.1, -0.05) is 206 Å². The van der Waals surface area contributed by atoms with Crippen molar-refractivity contribution in [2.45, 2.75) is 5.41 Å². The normalized spacial score (nSPS) is 12.7. The van der Waals surface area contributed by atoms with Crippen LogP contribution in [-0.2, 0) is 5.41 Å². The van der Waals surface area contributed by atoms with Crippen molar-refractivity contribution in [1.82, 2.24) is 0 Å². The van der Waals surface area contributed by atoms with E-state index in [1.54, 1.807) is 0 Å². The Morgan fingerprint density at radius 2 is 0.712 bits per heavy atom. The first kappa shape index (κ1) is 38.0. The van der Waals surface area contributed by atoms with Gasteiger partial charge < -0.3 is 4.90 Å². The summed E-state index contributed by atoms with van der Waals surface area (Å²) in [6.45, 7) is 0. The highest BCUT2D eigenvalue weighted by atomic mass is 15.1. The monoisotopic (exact) mass is 837 g/mol. The molecule has 0 spiro atoms. The van der Waals surface area contributed by atoms with Crippen LogP contribution in [0.1, 0.15) is 22.3 Å². The van der Waals surface area contributed by atoms with E-state index in [1.165, 1.54) is 98.7 Å². The largest absolute Gasteiger partial charge is 0.310 e. The molecule has 0 bridgehead atoms. The van der Waals surface area contributed by atoms with Crippen molar-refractivity contribution in [3.8, 4) is 33.4 Å². The Kier molecular flexibility index (Phi) is 8.82. The van der Waals surface area contributed by atoms with E-state index in [0.717, 1.165) is 17.1 Å². The van der Waals surface area contributed by atoms with Gasteiger partial charge >= 0.3 is 0 Å². The fourth-order valence-corrected chi connectivity index (χ4v) is 11.3. The summed E-state index contributed by atoms with van der Waals surface area (Å²) in [7, 11) is 0. The molecule has 0 heterocycles. The van der Waals surface area contributed by atoms with Crippen molar-refractivity contribution in [3.63, 3.8) is 0 Å². The van der Waals surface area contributed by atoms with E-state index in [0.29, 0.717) is 0 Å². The first-order valence-corrected chi connectivity index (χ1v) is 22.9. The number of hydrogen-bond donors (Lipinski definition) is 0. The van der Waals surface area contributed by atoms with Gasteiger partial charge in [-0.2, -0.15) is 0 Å². The van der Waals surface area contributed by atoms with Crippen LogP contribution in [0, 0.1) is 0 Å². The zero-order chi connectivity index (χ0) is 43.6. The van der Waals surface area contributed by atoms with Crippen molar-refractivity contribution < 1.29 is 0 Å². The van der Waals surface area contributed by atoms with Gasteiger partial charge in [-0.05, 0) is 153 Å². The molecule has 1 aliphatic carbocycles. The van der Waals surface area contributed by atoms with Crippen LogP contribution in [0.25, 0.3) is 76.5 Å². The summed E-state index contributed by atoms with van der Waals surface area (Å²) >= 11 is 0. The van der Waals surface area contributed by atoms with Gasteiger partial charge in [0, 0.05) is 17.1 Å². The molecule has 1 nitrogen and oxygen atoms in total. The molecule has 308 valence electrons. The Hall–Kier alpha value is -8.52. The maximum Gasteiger partial charge on any atom is 0.0719 e. The standard InChI is InChI=1S/C65H43N/c1-5-20-47(21-6-1)65(48-22-7-2-8-23-48)63-35-18-17-32-56(63)57-33-19-34-58(64(57)65)60-43-62-53-29-14-13-28-52(53)59(42-61(62)55-31-16-15-30-54(55)60)46-37-36-45-41-51(39-38-44(45)40-46)66(49-24-9-3-10-25-49)50-26-11-4-12-27-50/h1-43H. The molecule has 0 radical (unpaired) electrons. The number of nitrogens with zero attached hydrogens (tertiary/aromatic N) is 1. The van der Waals surface area contributed by atoms with Gasteiger partial charge in [0.2, 0.25) is 0 Å². The summed E-state index contributed by atoms with van der Waals surface area (Å²) < 4.78 is 0. The van der Waals surface area contributed by atoms with Crippen LogP contribution in [0.5, 0.6) is 0 Å². The molecule has 0 saturated heterocycles. The lowest BCUT2D eigenvalue weighted by molar-refractivity contribution is 0.770. The molecule has 0 saturated carbocycles. The second kappa shape index (κ2) is 15.3. The van der Waals surface area contributed by atoms with Crippen LogP contribution in [-0.4, -0.2) is 0 Å². The molecule has 0 amide bonds. The summed E-state index contributed by atoms with van der Waals surface area (Å²) in [5.41, 5.74) is 15.6. The predicted molar refractivity (Wildman–Crippen MR) is 279 cm³/mol. The van der Waals surface area contributed by atoms with Gasteiger partial charge in [0.15, 0.2) is 0 Å². The molecule has 12 aromatic rings. The fourth-order valence-electron chi connectivity index (χ4n) is 11.3. The van der Waals surface area contributed by atoms with Gasteiger partial charge in [-0.25, -0.2) is 0 Å². The third kappa shape index (κ3) is 5.80. The molecule has 0 atom stereocenters. The first-order chi connectivity index (χ1) is 32.8. The third-order valence-electron chi connectivity index (χ3n) is 14.1. The van der Waals surface area contributed by atoms with E-state index in [1.807, 2.05) is 0 Å². The van der Waals surface area contributed by atoms with Gasteiger partial charge in [0.1, 0.15) is 0 Å². The second-order valence-electron chi connectivity index (χ2n) is 17.5. The molecule has 1 heteroatoms. The zero-order valence-electron chi connectivity index (χ0n) is 36.3. The molecular formula is C65H43N. The molecule has 0 unspecified atom stereocenters. The minimum absolute atomic E-state index is 0.523. The third-order valence-corrected chi connectivity index (χ3v) is 14.1. The highest BCUT2D eigenvalue weighted by Crippen LogP contribution is 2.59. The first-order valence-electron chi connectivity index (χ1n) is 22.9. The maximum absolute atomic E-state index is 2.50. The number of fused-ring (bicyclic) bond motifs is 9. The van der Waals surface area contributed by atoms with Crippen molar-refractivity contribution in [1.29, 1.82) is 0 Å². The minimum atomic E-state index is -0.523. The number of anilines is 3. The van der Waals surface area contributed by atoms with E-state index in [-0.39, 0.29) is 0 Å². The van der Waals surface area contributed by atoms with E-state index in [4.69, 9.17) is 0 Å². The van der Waals surface area contributed by atoms with E-state index < -0.39 is 5.41 Å². The van der Waals surface area contributed by atoms with Crippen LogP contribution < -0.4 is 4.90 Å². The SMILES string of the molecule is c1ccc(N(c2ccccc2)c2ccc3cc(-c4cc5c6ccccc6c(-c6cccc7c6C(c6ccccc6)(c6ccccc6)c6ccccc6-7)cc5c5ccccc45)ccc3c2)cc1. The summed E-state index contributed by atoms with van der Waals surface area (Å²) in [4.78, 5) is 2.33. The summed E-state index contributed by atoms with van der Waals surface area (Å²) in [6, 6.07) is 96.4. The van der Waals surface area contributed by atoms with Crippen molar-refractivity contribution >= 4 is 60.2 Å². The lowest BCUT2D eigenvalue weighted by Crippen LogP contribution is -2.29. The van der Waals surface area contributed by atoms with Crippen molar-refractivity contribution in [2.75, 3.05) is 4.90 Å². The number of rotatable bonds is 7. The molecule has 13 rings (SSSR count). The van der Waals surface area contributed by atoms with Crippen LogP contribution >= 0.6 is 0 Å². The average molecular weight is 838 g/mol. The molecular weight excluding hydrogens is 795 g/mol. The Bertz CT molecular complexity index is 3720. The molecule has 0 aromatic heterocycles. The van der Waals surface area contributed by atoms with Crippen molar-refractivity contribution in [2.24, 2.45) is 0 Å². The minimum Gasteiger partial charge on any atom is -0.310 e. The van der Waals surface area contributed by atoms with E-state index >= 15 is 0 Å². The number of para-hydroxylation sites is 2. The quantitative estimate of drug-likeness (QED) is 0.145. The molecule has 0 N–H and O–H groups in total. The van der Waals surface area contributed by atoms with Crippen LogP contribution in [0.4, 0.5) is 17.1 Å². The molecule has 0 fully saturated rings. The Labute approximate surface area is 385 Å². The van der Waals surface area contributed by atoms with Crippen LogP contribution in [0.2, 0.25) is 0 Å². The summed E-state index contributed by atoms with van der Waals surface area (Å²) in [5, 5.41) is 9.92. The lowest BCUT2D eigenvalue weighted by Gasteiger charge is -2.35. The number of hydrogen-bond acceptors (Lipinski definition) is 1. The average Bonchev–Trinajstić information content (AvgIpc) is 3.71. The summed E-state index contributed by atoms with van der Waals surface area (Å²) in [6.07, 6.45) is 0. The summed E-state index contributed by atoms with van der Waals surface area (Å²) in [5.74, 6) is 0. The smallest absolute Gasteiger partial charge is 0.0719 e. The van der Waals surface area contributed by atoms with Crippen LogP contribution in [0.15, 0.2) is 261 Å². The molecule has 0 aliphatic heterocycles. The Morgan fingerprint density at radius 3 is 1.33 bits per heavy atom. The van der Waals surface area contributed by atoms with Crippen LogP contribution in [0.3, 0.4) is 0 Å². The zero-order valence-corrected chi connectivity index (χ0v) is 36.3. The van der Waals surface area contributed by atoms with Gasteiger partial charge in [-0.15, -0.1) is 0 Å². The number of benzene rings is 12. The Morgan fingerprint density at radius 1 is 0.258 bits per heavy atom. The lowest BCUT2D eigenvalue weighted by atomic mass is 9.66. The molecule has 12 aromatic carbocycles. The van der Waals surface area contributed by atoms with Gasteiger partial charge in [0.05, 0.1) is 5.41 Å². The van der Waals surface area contributed by atoms with E-state index in [2.05, 4.69) is 266 Å². The Balaban J connectivity index is 1.02.